The highest BCUT2D eigenvalue weighted by atomic mass is 35.5. The second kappa shape index (κ2) is 7.49. The molecular formula is C20H23ClN4OS. The lowest BCUT2D eigenvalue weighted by atomic mass is 10.1. The van der Waals surface area contributed by atoms with Crippen LogP contribution in [0, 0.1) is 31.1 Å². The van der Waals surface area contributed by atoms with Crippen LogP contribution >= 0.6 is 23.1 Å². The van der Waals surface area contributed by atoms with Crippen molar-refractivity contribution in [1.29, 1.82) is 5.26 Å². The van der Waals surface area contributed by atoms with E-state index in [0.717, 1.165) is 35.5 Å². The maximum atomic E-state index is 9.56. The number of hydrogen-bond donors (Lipinski definition) is 1. The summed E-state index contributed by atoms with van der Waals surface area (Å²) in [5.41, 5.74) is 3.95. The van der Waals surface area contributed by atoms with Crippen LogP contribution in [0.4, 0.5) is 5.69 Å². The van der Waals surface area contributed by atoms with Gasteiger partial charge in [0, 0.05) is 24.5 Å². The van der Waals surface area contributed by atoms with Crippen molar-refractivity contribution in [2.75, 3.05) is 7.05 Å². The molecule has 0 unspecified atom stereocenters. The Kier molecular flexibility index (Phi) is 5.45. The van der Waals surface area contributed by atoms with Gasteiger partial charge in [-0.3, -0.25) is 0 Å². The standard InChI is InChI=1S/C20H23ClN4OS/c1-11(2)18(23-5)24-15-8-13(4)16(9-12(15)3)26-19-14(10-22)17(25-27-19)20(21)6-7-20/h8-9,11H,6-7H2,1-5H3,(H,23,24). The van der Waals surface area contributed by atoms with Crippen LogP contribution in [0.15, 0.2) is 17.1 Å². The van der Waals surface area contributed by atoms with Crippen molar-refractivity contribution in [1.82, 2.24) is 9.69 Å². The van der Waals surface area contributed by atoms with Gasteiger partial charge in [-0.1, -0.05) is 13.8 Å². The van der Waals surface area contributed by atoms with E-state index in [0.29, 0.717) is 28.0 Å². The first-order valence-corrected chi connectivity index (χ1v) is 10.1. The van der Waals surface area contributed by atoms with E-state index in [2.05, 4.69) is 29.6 Å². The van der Waals surface area contributed by atoms with Crippen molar-refractivity contribution in [2.45, 2.75) is 45.4 Å². The molecule has 142 valence electrons. The number of rotatable bonds is 5. The molecule has 0 aliphatic heterocycles. The second-order valence-electron chi connectivity index (χ2n) is 7.18. The van der Waals surface area contributed by atoms with Gasteiger partial charge in [-0.05, 0) is 49.9 Å². The summed E-state index contributed by atoms with van der Waals surface area (Å²) in [7, 11) is 1.88. The molecule has 3 rings (SSSR count). The molecule has 0 amide bonds. The molecule has 1 heterocycles. The fourth-order valence-corrected chi connectivity index (χ4v) is 3.89. The van der Waals surface area contributed by atoms with E-state index < -0.39 is 4.87 Å². The molecule has 1 N–H and O–H groups in total. The molecular weight excluding hydrogens is 380 g/mol. The first-order valence-electron chi connectivity index (χ1n) is 8.93. The van der Waals surface area contributed by atoms with E-state index in [1.807, 2.05) is 33.0 Å². The number of ether oxygens (including phenoxy) is 1. The van der Waals surface area contributed by atoms with Crippen LogP contribution in [0.25, 0.3) is 0 Å². The van der Waals surface area contributed by atoms with Gasteiger partial charge in [0.15, 0.2) is 0 Å². The van der Waals surface area contributed by atoms with E-state index >= 15 is 0 Å². The minimum Gasteiger partial charge on any atom is -0.443 e. The quantitative estimate of drug-likeness (QED) is 0.404. The van der Waals surface area contributed by atoms with Crippen LogP contribution in [-0.4, -0.2) is 17.3 Å². The Morgan fingerprint density at radius 2 is 2.07 bits per heavy atom. The molecule has 27 heavy (non-hydrogen) atoms. The van der Waals surface area contributed by atoms with Crippen LogP contribution in [0.3, 0.4) is 0 Å². The molecule has 7 heteroatoms. The molecule has 0 radical (unpaired) electrons. The lowest BCUT2D eigenvalue weighted by Gasteiger charge is -2.13. The van der Waals surface area contributed by atoms with Gasteiger partial charge in [0.05, 0.1) is 16.3 Å². The van der Waals surface area contributed by atoms with Crippen molar-refractivity contribution in [3.63, 3.8) is 0 Å². The van der Waals surface area contributed by atoms with Crippen molar-refractivity contribution in [2.24, 2.45) is 10.9 Å². The van der Waals surface area contributed by atoms with Gasteiger partial charge < -0.3 is 10.1 Å². The molecule has 1 aliphatic rings. The van der Waals surface area contributed by atoms with Crippen LogP contribution in [0.1, 0.15) is 49.1 Å². The van der Waals surface area contributed by atoms with Crippen molar-refractivity contribution in [3.8, 4) is 16.9 Å². The number of nitrogens with zero attached hydrogens (tertiary/aromatic N) is 3. The van der Waals surface area contributed by atoms with Crippen LogP contribution in [0.2, 0.25) is 0 Å². The van der Waals surface area contributed by atoms with Gasteiger partial charge in [0.25, 0.3) is 0 Å². The highest BCUT2D eigenvalue weighted by Crippen LogP contribution is 2.54. The SMILES string of the molecule is CNC(=Nc1cc(C)c(Oc2snc(C3(Cl)CC3)c2C#N)cc1C)C(C)C. The summed E-state index contributed by atoms with van der Waals surface area (Å²) in [4.78, 5) is 4.25. The molecule has 1 aliphatic carbocycles. The van der Waals surface area contributed by atoms with Gasteiger partial charge in [0.2, 0.25) is 5.06 Å². The Morgan fingerprint density at radius 1 is 1.37 bits per heavy atom. The molecule has 1 aromatic heterocycles. The molecule has 0 atom stereocenters. The lowest BCUT2D eigenvalue weighted by molar-refractivity contribution is 0.490. The third-order valence-electron chi connectivity index (χ3n) is 4.63. The van der Waals surface area contributed by atoms with E-state index in [4.69, 9.17) is 21.3 Å². The number of aromatic nitrogens is 1. The summed E-state index contributed by atoms with van der Waals surface area (Å²) in [6, 6.07) is 6.17. The van der Waals surface area contributed by atoms with Crippen molar-refractivity contribution >= 4 is 34.7 Å². The lowest BCUT2D eigenvalue weighted by Crippen LogP contribution is -2.23. The Morgan fingerprint density at radius 3 is 2.63 bits per heavy atom. The number of nitrogens with one attached hydrogen (secondary N) is 1. The third-order valence-corrected chi connectivity index (χ3v) is 5.91. The summed E-state index contributed by atoms with van der Waals surface area (Å²) < 4.78 is 10.4. The number of aryl methyl sites for hydroxylation is 2. The fraction of sp³-hybridized carbons (Fsp3) is 0.450. The van der Waals surface area contributed by atoms with Crippen molar-refractivity contribution in [3.05, 3.63) is 34.5 Å². The zero-order chi connectivity index (χ0) is 19.8. The van der Waals surface area contributed by atoms with Crippen LogP contribution in [0.5, 0.6) is 10.8 Å². The van der Waals surface area contributed by atoms with Gasteiger partial charge in [0.1, 0.15) is 23.2 Å². The predicted molar refractivity (Wildman–Crippen MR) is 111 cm³/mol. The van der Waals surface area contributed by atoms with Crippen LogP contribution < -0.4 is 10.1 Å². The molecule has 1 saturated carbocycles. The van der Waals surface area contributed by atoms with Crippen LogP contribution in [-0.2, 0) is 4.87 Å². The molecule has 0 bridgehead atoms. The molecule has 5 nitrogen and oxygen atoms in total. The predicted octanol–water partition coefficient (Wildman–Crippen LogP) is 5.56. The number of aliphatic imine (C=N–C) groups is 1. The number of alkyl halides is 1. The molecule has 0 spiro atoms. The Balaban J connectivity index is 1.93. The van der Waals surface area contributed by atoms with Gasteiger partial charge >= 0.3 is 0 Å². The zero-order valence-electron chi connectivity index (χ0n) is 16.2. The first kappa shape index (κ1) is 19.7. The maximum absolute atomic E-state index is 9.56. The molecule has 1 aromatic carbocycles. The smallest absolute Gasteiger partial charge is 0.218 e. The minimum atomic E-state index is -0.479. The van der Waals surface area contributed by atoms with Gasteiger partial charge in [-0.15, -0.1) is 11.6 Å². The Labute approximate surface area is 169 Å². The monoisotopic (exact) mass is 402 g/mol. The highest BCUT2D eigenvalue weighted by Gasteiger charge is 2.47. The highest BCUT2D eigenvalue weighted by molar-refractivity contribution is 7.08. The largest absolute Gasteiger partial charge is 0.443 e. The van der Waals surface area contributed by atoms with E-state index in [1.165, 1.54) is 11.5 Å². The number of benzene rings is 1. The summed E-state index contributed by atoms with van der Waals surface area (Å²) in [6.07, 6.45) is 1.70. The number of nitriles is 1. The summed E-state index contributed by atoms with van der Waals surface area (Å²) in [6.45, 7) is 8.17. The van der Waals surface area contributed by atoms with Gasteiger partial charge in [-0.25, -0.2) is 4.99 Å². The third kappa shape index (κ3) is 3.95. The first-order chi connectivity index (χ1) is 12.8. The normalized spacial score (nSPS) is 15.6. The topological polar surface area (TPSA) is 70.3 Å². The van der Waals surface area contributed by atoms with Crippen molar-refractivity contribution < 1.29 is 4.74 Å². The molecule has 1 fully saturated rings. The zero-order valence-corrected chi connectivity index (χ0v) is 17.8. The second-order valence-corrected chi connectivity index (χ2v) is 8.64. The number of halogens is 1. The fourth-order valence-electron chi connectivity index (χ4n) is 2.80. The van der Waals surface area contributed by atoms with Gasteiger partial charge in [-0.2, -0.15) is 9.64 Å². The summed E-state index contributed by atoms with van der Waals surface area (Å²) in [5.74, 6) is 1.94. The number of amidine groups is 1. The average Bonchev–Trinajstić information content (AvgIpc) is 3.23. The average molecular weight is 403 g/mol. The Hall–Kier alpha value is -2.10. The minimum absolute atomic E-state index is 0.310. The molecule has 2 aromatic rings. The van der Waals surface area contributed by atoms with E-state index in [1.54, 1.807) is 0 Å². The Bertz CT molecular complexity index is 938. The summed E-state index contributed by atoms with van der Waals surface area (Å²) >= 11 is 7.63. The van der Waals surface area contributed by atoms with E-state index in [-0.39, 0.29) is 0 Å². The maximum Gasteiger partial charge on any atom is 0.218 e. The summed E-state index contributed by atoms with van der Waals surface area (Å²) in [5, 5.41) is 13.2. The molecule has 0 saturated heterocycles. The van der Waals surface area contributed by atoms with E-state index in [9.17, 15) is 5.26 Å². The number of hydrogen-bond acceptors (Lipinski definition) is 5.